The molecule has 2 atom stereocenters. The maximum atomic E-state index is 13.5. The van der Waals surface area contributed by atoms with E-state index < -0.39 is 11.2 Å². The molecule has 1 aromatic heterocycles. The van der Waals surface area contributed by atoms with E-state index in [0.29, 0.717) is 18.6 Å². The first kappa shape index (κ1) is 16.3. The summed E-state index contributed by atoms with van der Waals surface area (Å²) in [7, 11) is 0. The molecule has 2 aromatic rings. The number of carbonyl (C=O) groups excluding carboxylic acids is 1. The molecule has 25 heavy (non-hydrogen) atoms. The maximum Gasteiger partial charge on any atom is 0.259 e. The number of likely N-dealkylation sites (tertiary alicyclic amines) is 1. The highest BCUT2D eigenvalue weighted by atomic mass is 19.1. The molecule has 2 N–H and O–H groups in total. The van der Waals surface area contributed by atoms with Crippen molar-refractivity contribution in [1.82, 2.24) is 9.88 Å². The van der Waals surface area contributed by atoms with Crippen LogP contribution < -0.4 is 5.43 Å². The zero-order valence-electron chi connectivity index (χ0n) is 13.9. The second-order valence-electron chi connectivity index (χ2n) is 7.32. The Morgan fingerprint density at radius 2 is 2.12 bits per heavy atom. The zero-order valence-corrected chi connectivity index (χ0v) is 13.9. The number of benzene rings is 1. The van der Waals surface area contributed by atoms with Gasteiger partial charge in [0, 0.05) is 35.6 Å². The highest BCUT2D eigenvalue weighted by Crippen LogP contribution is 2.45. The number of rotatable bonds is 1. The summed E-state index contributed by atoms with van der Waals surface area (Å²) in [6.07, 6.45) is 5.43. The Kier molecular flexibility index (Phi) is 3.87. The monoisotopic (exact) mass is 344 g/mol. The van der Waals surface area contributed by atoms with Gasteiger partial charge in [-0.05, 0) is 43.9 Å². The van der Waals surface area contributed by atoms with E-state index in [2.05, 4.69) is 4.98 Å². The number of nitrogens with one attached hydrogen (secondary N) is 1. The number of aromatic amines is 1. The van der Waals surface area contributed by atoms with Crippen LogP contribution in [-0.4, -0.2) is 40.1 Å². The first-order valence-electron chi connectivity index (χ1n) is 8.78. The van der Waals surface area contributed by atoms with Crippen LogP contribution in [0.5, 0.6) is 0 Å². The van der Waals surface area contributed by atoms with Gasteiger partial charge in [0.15, 0.2) is 0 Å². The van der Waals surface area contributed by atoms with Crippen molar-refractivity contribution in [1.29, 1.82) is 0 Å². The summed E-state index contributed by atoms with van der Waals surface area (Å²) in [4.78, 5) is 30.2. The van der Waals surface area contributed by atoms with E-state index in [1.807, 2.05) is 0 Å². The third-order valence-electron chi connectivity index (χ3n) is 5.83. The van der Waals surface area contributed by atoms with E-state index in [1.165, 1.54) is 18.3 Å². The molecule has 1 saturated heterocycles. The molecule has 5 nitrogen and oxygen atoms in total. The van der Waals surface area contributed by atoms with E-state index in [1.54, 1.807) is 4.90 Å². The third kappa shape index (κ3) is 2.65. The molecule has 2 heterocycles. The summed E-state index contributed by atoms with van der Waals surface area (Å²) in [5.41, 5.74) is -0.152. The molecule has 0 unspecified atom stereocenters. The van der Waals surface area contributed by atoms with Crippen LogP contribution in [0.3, 0.4) is 0 Å². The molecule has 1 saturated carbocycles. The first-order chi connectivity index (χ1) is 12.0. The number of pyridine rings is 1. The lowest BCUT2D eigenvalue weighted by molar-refractivity contribution is -0.00540. The van der Waals surface area contributed by atoms with Crippen molar-refractivity contribution in [3.63, 3.8) is 0 Å². The minimum Gasteiger partial charge on any atom is -0.392 e. The molecule has 2 aliphatic rings. The molecule has 1 spiro atoms. The third-order valence-corrected chi connectivity index (χ3v) is 5.83. The van der Waals surface area contributed by atoms with Gasteiger partial charge >= 0.3 is 0 Å². The Hall–Kier alpha value is -2.21. The number of fused-ring (bicyclic) bond motifs is 1. The average molecular weight is 344 g/mol. The van der Waals surface area contributed by atoms with Gasteiger partial charge in [-0.3, -0.25) is 9.59 Å². The minimum atomic E-state index is -0.506. The Morgan fingerprint density at radius 3 is 2.88 bits per heavy atom. The number of carbonyl (C=O) groups is 1. The lowest BCUT2D eigenvalue weighted by Crippen LogP contribution is -2.50. The van der Waals surface area contributed by atoms with E-state index in [0.717, 1.165) is 38.2 Å². The van der Waals surface area contributed by atoms with E-state index in [4.69, 9.17) is 0 Å². The first-order valence-corrected chi connectivity index (χ1v) is 8.78. The largest absolute Gasteiger partial charge is 0.392 e. The predicted molar refractivity (Wildman–Crippen MR) is 92.0 cm³/mol. The molecule has 1 aromatic carbocycles. The van der Waals surface area contributed by atoms with Crippen molar-refractivity contribution < 1.29 is 14.3 Å². The Bertz CT molecular complexity index is 894. The number of piperidine rings is 1. The van der Waals surface area contributed by atoms with Gasteiger partial charge in [0.2, 0.25) is 5.43 Å². The summed E-state index contributed by atoms with van der Waals surface area (Å²) in [5, 5.41) is 10.5. The summed E-state index contributed by atoms with van der Waals surface area (Å²) in [5.74, 6) is -0.848. The maximum absolute atomic E-state index is 13.5. The second kappa shape index (κ2) is 5.95. The van der Waals surface area contributed by atoms with Crippen LogP contribution in [0.4, 0.5) is 4.39 Å². The molecule has 0 bridgehead atoms. The molecular formula is C19H21FN2O3. The minimum absolute atomic E-state index is 0.0302. The van der Waals surface area contributed by atoms with Gasteiger partial charge in [-0.1, -0.05) is 6.42 Å². The fourth-order valence-corrected chi connectivity index (χ4v) is 4.45. The van der Waals surface area contributed by atoms with Crippen molar-refractivity contribution in [2.45, 2.75) is 38.2 Å². The van der Waals surface area contributed by atoms with Crippen molar-refractivity contribution in [2.24, 2.45) is 5.41 Å². The molecule has 132 valence electrons. The van der Waals surface area contributed by atoms with Gasteiger partial charge in [-0.2, -0.15) is 0 Å². The molecule has 1 aliphatic carbocycles. The molecule has 6 heteroatoms. The van der Waals surface area contributed by atoms with Gasteiger partial charge < -0.3 is 15.0 Å². The van der Waals surface area contributed by atoms with Crippen LogP contribution in [0, 0.1) is 11.2 Å². The van der Waals surface area contributed by atoms with Crippen LogP contribution in [0.1, 0.15) is 42.5 Å². The van der Waals surface area contributed by atoms with Crippen molar-refractivity contribution in [2.75, 3.05) is 13.1 Å². The van der Waals surface area contributed by atoms with Crippen molar-refractivity contribution >= 4 is 16.8 Å². The molecule has 2 fully saturated rings. The van der Waals surface area contributed by atoms with Gasteiger partial charge in [-0.25, -0.2) is 4.39 Å². The number of halogens is 1. The van der Waals surface area contributed by atoms with Crippen LogP contribution in [-0.2, 0) is 0 Å². The van der Waals surface area contributed by atoms with Crippen LogP contribution in [0.2, 0.25) is 0 Å². The Balaban J connectivity index is 1.68. The van der Waals surface area contributed by atoms with Crippen molar-refractivity contribution in [3.8, 4) is 0 Å². The standard InChI is InChI=1S/C19H21FN2O3/c20-12-4-5-15-13(9-12)17(24)14(10-21-15)18(25)22-8-2-7-19(11-22)6-1-3-16(19)23/h4-5,9-10,16,23H,1-3,6-8,11H2,(H,21,24)/t16-,19+/m1/s1. The van der Waals surface area contributed by atoms with Gasteiger partial charge in [-0.15, -0.1) is 0 Å². The molecule has 1 aliphatic heterocycles. The summed E-state index contributed by atoms with van der Waals surface area (Å²) in [6, 6.07) is 3.92. The number of H-pyrrole nitrogens is 1. The van der Waals surface area contributed by atoms with Crippen LogP contribution in [0.15, 0.2) is 29.2 Å². The Morgan fingerprint density at radius 1 is 1.32 bits per heavy atom. The van der Waals surface area contributed by atoms with Gasteiger partial charge in [0.1, 0.15) is 11.4 Å². The van der Waals surface area contributed by atoms with Crippen LogP contribution in [0.25, 0.3) is 10.9 Å². The fourth-order valence-electron chi connectivity index (χ4n) is 4.45. The summed E-state index contributed by atoms with van der Waals surface area (Å²) < 4.78 is 13.5. The molecule has 4 rings (SSSR count). The molecular weight excluding hydrogens is 323 g/mol. The van der Waals surface area contributed by atoms with E-state index >= 15 is 0 Å². The van der Waals surface area contributed by atoms with Crippen molar-refractivity contribution in [3.05, 3.63) is 46.0 Å². The second-order valence-corrected chi connectivity index (χ2v) is 7.32. The summed E-state index contributed by atoms with van der Waals surface area (Å²) in [6.45, 7) is 1.06. The molecule has 1 amide bonds. The summed E-state index contributed by atoms with van der Waals surface area (Å²) >= 11 is 0. The Labute approximate surface area is 144 Å². The van der Waals surface area contributed by atoms with Crippen LogP contribution >= 0.6 is 0 Å². The quantitative estimate of drug-likeness (QED) is 0.834. The average Bonchev–Trinajstić information content (AvgIpc) is 2.95. The number of amides is 1. The highest BCUT2D eigenvalue weighted by molar-refractivity contribution is 5.97. The zero-order chi connectivity index (χ0) is 17.6. The van der Waals surface area contributed by atoms with E-state index in [-0.39, 0.29) is 28.4 Å². The smallest absolute Gasteiger partial charge is 0.259 e. The number of nitrogens with zero attached hydrogens (tertiary/aromatic N) is 1. The topological polar surface area (TPSA) is 73.4 Å². The predicted octanol–water partition coefficient (Wildman–Crippen LogP) is 2.43. The van der Waals surface area contributed by atoms with Gasteiger partial charge in [0.25, 0.3) is 5.91 Å². The number of aliphatic hydroxyl groups is 1. The highest BCUT2D eigenvalue weighted by Gasteiger charge is 2.45. The van der Waals surface area contributed by atoms with Gasteiger partial charge in [0.05, 0.1) is 6.10 Å². The lowest BCUT2D eigenvalue weighted by atomic mass is 9.76. The lowest BCUT2D eigenvalue weighted by Gasteiger charge is -2.42. The SMILES string of the molecule is O=C(c1c[nH]c2ccc(F)cc2c1=O)N1CCC[C@@]2(CCC[C@H]2O)C1. The fraction of sp³-hybridized carbons (Fsp3) is 0.474. The number of aromatic nitrogens is 1. The normalized spacial score (nSPS) is 26.5. The number of aliphatic hydroxyl groups excluding tert-OH is 1. The van der Waals surface area contributed by atoms with E-state index in [9.17, 15) is 19.1 Å². The number of hydrogen-bond donors (Lipinski definition) is 2. The number of hydrogen-bond acceptors (Lipinski definition) is 3. The molecule has 0 radical (unpaired) electrons.